The molecular formula is C21H10ClF4NO2S2. The molecule has 0 saturated carbocycles. The first-order valence-electron chi connectivity index (χ1n) is 8.64. The third-order valence-corrected chi connectivity index (χ3v) is 5.94. The number of carbonyl (C=O) groups is 1. The molecule has 3 aromatic rings. The lowest BCUT2D eigenvalue weighted by molar-refractivity contribution is -0.137. The number of hydrogen-bond acceptors (Lipinski definition) is 4. The van der Waals surface area contributed by atoms with Gasteiger partial charge in [0, 0.05) is 11.6 Å². The van der Waals surface area contributed by atoms with Crippen LogP contribution in [0.1, 0.15) is 11.3 Å². The van der Waals surface area contributed by atoms with Gasteiger partial charge < -0.3 is 4.42 Å². The second-order valence-electron chi connectivity index (χ2n) is 6.36. The highest BCUT2D eigenvalue weighted by molar-refractivity contribution is 8.27. The molecule has 10 heteroatoms. The number of rotatable bonds is 3. The summed E-state index contributed by atoms with van der Waals surface area (Å²) in [5.74, 6) is -0.912. The van der Waals surface area contributed by atoms with Crippen molar-refractivity contribution in [3.63, 3.8) is 0 Å². The van der Waals surface area contributed by atoms with Gasteiger partial charge >= 0.3 is 6.18 Å². The van der Waals surface area contributed by atoms with Gasteiger partial charge in [0.25, 0.3) is 5.91 Å². The van der Waals surface area contributed by atoms with Gasteiger partial charge in [-0.1, -0.05) is 53.8 Å². The Kier molecular flexibility index (Phi) is 5.67. The molecule has 0 radical (unpaired) electrons. The summed E-state index contributed by atoms with van der Waals surface area (Å²) >= 11 is 12.0. The lowest BCUT2D eigenvalue weighted by Gasteiger charge is -2.14. The van der Waals surface area contributed by atoms with Crippen molar-refractivity contribution in [1.29, 1.82) is 0 Å². The van der Waals surface area contributed by atoms with Gasteiger partial charge in [0.1, 0.15) is 17.3 Å². The standard InChI is InChI=1S/C21H10ClF4NO2S2/c22-15-9-11(5-7-16(15)23)27-19(28)18(31-20(27)30)10-12-6-8-17(29-12)13-3-1-2-4-14(13)21(24,25)26/h1-10H/b18-10+. The highest BCUT2D eigenvalue weighted by Crippen LogP contribution is 2.39. The van der Waals surface area contributed by atoms with E-state index < -0.39 is 23.5 Å². The predicted molar refractivity (Wildman–Crippen MR) is 116 cm³/mol. The van der Waals surface area contributed by atoms with Crippen LogP contribution in [0.25, 0.3) is 17.4 Å². The van der Waals surface area contributed by atoms with E-state index in [4.69, 9.17) is 28.2 Å². The molecule has 3 nitrogen and oxygen atoms in total. The molecule has 31 heavy (non-hydrogen) atoms. The Morgan fingerprint density at radius 1 is 1.10 bits per heavy atom. The minimum Gasteiger partial charge on any atom is -0.457 e. The average Bonchev–Trinajstić information content (AvgIpc) is 3.28. The number of anilines is 1. The summed E-state index contributed by atoms with van der Waals surface area (Å²) in [6, 6.07) is 11.7. The quantitative estimate of drug-likeness (QED) is 0.225. The number of hydrogen-bond donors (Lipinski definition) is 0. The smallest absolute Gasteiger partial charge is 0.417 e. The zero-order chi connectivity index (χ0) is 22.3. The van der Waals surface area contributed by atoms with Crippen LogP contribution in [0.15, 0.2) is 63.9 Å². The summed E-state index contributed by atoms with van der Waals surface area (Å²) < 4.78 is 59.0. The molecule has 4 rings (SSSR count). The van der Waals surface area contributed by atoms with Crippen LogP contribution in [0.5, 0.6) is 0 Å². The van der Waals surface area contributed by atoms with E-state index in [0.29, 0.717) is 5.69 Å². The van der Waals surface area contributed by atoms with Crippen molar-refractivity contribution in [3.8, 4) is 11.3 Å². The van der Waals surface area contributed by atoms with Crippen LogP contribution < -0.4 is 4.90 Å². The van der Waals surface area contributed by atoms with E-state index >= 15 is 0 Å². The summed E-state index contributed by atoms with van der Waals surface area (Å²) in [6.45, 7) is 0. The zero-order valence-electron chi connectivity index (χ0n) is 15.2. The van der Waals surface area contributed by atoms with Gasteiger partial charge in [-0.2, -0.15) is 13.2 Å². The van der Waals surface area contributed by atoms with Crippen LogP contribution >= 0.6 is 35.6 Å². The molecule has 0 atom stereocenters. The monoisotopic (exact) mass is 483 g/mol. The zero-order valence-corrected chi connectivity index (χ0v) is 17.6. The van der Waals surface area contributed by atoms with E-state index in [2.05, 4.69) is 0 Å². The van der Waals surface area contributed by atoms with Gasteiger partial charge in [0.2, 0.25) is 0 Å². The van der Waals surface area contributed by atoms with Crippen molar-refractivity contribution in [2.45, 2.75) is 6.18 Å². The Morgan fingerprint density at radius 3 is 2.55 bits per heavy atom. The first-order valence-corrected chi connectivity index (χ1v) is 10.2. The van der Waals surface area contributed by atoms with E-state index in [0.717, 1.165) is 23.9 Å². The van der Waals surface area contributed by atoms with Crippen LogP contribution in [-0.2, 0) is 11.0 Å². The van der Waals surface area contributed by atoms with Gasteiger partial charge in [-0.05, 0) is 36.4 Å². The molecule has 1 fully saturated rings. The fourth-order valence-electron chi connectivity index (χ4n) is 2.96. The fourth-order valence-corrected chi connectivity index (χ4v) is 4.42. The lowest BCUT2D eigenvalue weighted by atomic mass is 10.1. The molecule has 1 aromatic heterocycles. The van der Waals surface area contributed by atoms with Gasteiger partial charge in [-0.3, -0.25) is 9.69 Å². The Bertz CT molecular complexity index is 1240. The summed E-state index contributed by atoms with van der Waals surface area (Å²) in [5.41, 5.74) is -0.630. The van der Waals surface area contributed by atoms with E-state index in [1.54, 1.807) is 0 Å². The van der Waals surface area contributed by atoms with Crippen molar-refractivity contribution >= 4 is 57.6 Å². The summed E-state index contributed by atoms with van der Waals surface area (Å²) in [5, 5.41) is -0.158. The van der Waals surface area contributed by atoms with E-state index in [-0.39, 0.29) is 31.3 Å². The number of nitrogens with zero attached hydrogens (tertiary/aromatic N) is 1. The van der Waals surface area contributed by atoms with E-state index in [1.807, 2.05) is 0 Å². The third kappa shape index (κ3) is 4.26. The van der Waals surface area contributed by atoms with Crippen molar-refractivity contribution in [2.24, 2.45) is 0 Å². The number of benzene rings is 2. The molecule has 2 aromatic carbocycles. The Hall–Kier alpha value is -2.62. The molecule has 1 aliphatic heterocycles. The molecular weight excluding hydrogens is 474 g/mol. The second kappa shape index (κ2) is 8.14. The number of carbonyl (C=O) groups excluding carboxylic acids is 1. The first kappa shape index (κ1) is 21.6. The molecule has 2 heterocycles. The minimum absolute atomic E-state index is 0.0139. The number of halogens is 5. The maximum Gasteiger partial charge on any atom is 0.417 e. The predicted octanol–water partition coefficient (Wildman–Crippen LogP) is 7.16. The molecule has 1 saturated heterocycles. The van der Waals surface area contributed by atoms with Crippen LogP contribution in [0.2, 0.25) is 5.02 Å². The number of amides is 1. The lowest BCUT2D eigenvalue weighted by Crippen LogP contribution is -2.27. The number of thiocarbonyl (C=S) groups is 1. The number of thioether (sulfide) groups is 1. The van der Waals surface area contributed by atoms with Gasteiger partial charge in [0.15, 0.2) is 4.32 Å². The number of furan rings is 1. The van der Waals surface area contributed by atoms with Gasteiger partial charge in [-0.15, -0.1) is 0 Å². The normalized spacial score (nSPS) is 15.9. The minimum atomic E-state index is -4.54. The van der Waals surface area contributed by atoms with E-state index in [9.17, 15) is 22.4 Å². The average molecular weight is 484 g/mol. The van der Waals surface area contributed by atoms with Crippen LogP contribution in [-0.4, -0.2) is 10.2 Å². The molecule has 1 aliphatic rings. The molecule has 1 amide bonds. The molecule has 0 unspecified atom stereocenters. The molecule has 0 bridgehead atoms. The SMILES string of the molecule is O=C1/C(=C\c2ccc(-c3ccccc3C(F)(F)F)o2)SC(=S)N1c1ccc(F)c(Cl)c1. The fraction of sp³-hybridized carbons (Fsp3) is 0.0476. The van der Waals surface area contributed by atoms with Crippen molar-refractivity contribution in [2.75, 3.05) is 4.90 Å². The van der Waals surface area contributed by atoms with Crippen molar-refractivity contribution in [3.05, 3.63) is 81.7 Å². The largest absolute Gasteiger partial charge is 0.457 e. The molecule has 0 N–H and O–H groups in total. The molecule has 0 spiro atoms. The highest BCUT2D eigenvalue weighted by atomic mass is 35.5. The highest BCUT2D eigenvalue weighted by Gasteiger charge is 2.35. The topological polar surface area (TPSA) is 33.5 Å². The van der Waals surface area contributed by atoms with Crippen LogP contribution in [0.4, 0.5) is 23.2 Å². The third-order valence-electron chi connectivity index (χ3n) is 4.35. The van der Waals surface area contributed by atoms with Gasteiger partial charge in [0.05, 0.1) is 21.2 Å². The van der Waals surface area contributed by atoms with Crippen LogP contribution in [0, 0.1) is 5.82 Å². The van der Waals surface area contributed by atoms with Crippen molar-refractivity contribution < 1.29 is 26.8 Å². The Balaban J connectivity index is 1.64. The maximum absolute atomic E-state index is 13.4. The summed E-state index contributed by atoms with van der Waals surface area (Å²) in [7, 11) is 0. The Labute approximate surface area is 188 Å². The molecule has 158 valence electrons. The van der Waals surface area contributed by atoms with Crippen molar-refractivity contribution in [1.82, 2.24) is 0 Å². The summed E-state index contributed by atoms with van der Waals surface area (Å²) in [4.78, 5) is 14.2. The first-order chi connectivity index (χ1) is 14.6. The molecule has 0 aliphatic carbocycles. The Morgan fingerprint density at radius 2 is 1.84 bits per heavy atom. The second-order valence-corrected chi connectivity index (χ2v) is 8.44. The number of alkyl halides is 3. The van der Waals surface area contributed by atoms with Gasteiger partial charge in [-0.25, -0.2) is 4.39 Å². The van der Waals surface area contributed by atoms with Crippen LogP contribution in [0.3, 0.4) is 0 Å². The summed E-state index contributed by atoms with van der Waals surface area (Å²) in [6.07, 6.45) is -3.15. The maximum atomic E-state index is 13.4. The van der Waals surface area contributed by atoms with E-state index in [1.165, 1.54) is 53.4 Å².